The van der Waals surface area contributed by atoms with Gasteiger partial charge < -0.3 is 19.2 Å². The van der Waals surface area contributed by atoms with Crippen LogP contribution in [0.4, 0.5) is 0 Å². The summed E-state index contributed by atoms with van der Waals surface area (Å²) in [6.45, 7) is 4.67. The van der Waals surface area contributed by atoms with Crippen LogP contribution in [-0.2, 0) is 17.9 Å². The van der Waals surface area contributed by atoms with Crippen LogP contribution < -0.4 is 14.8 Å². The van der Waals surface area contributed by atoms with Gasteiger partial charge in [-0.3, -0.25) is 9.69 Å². The first-order valence-corrected chi connectivity index (χ1v) is 10.6. The second-order valence-electron chi connectivity index (χ2n) is 7.59. The first-order valence-electron chi connectivity index (χ1n) is 10.2. The number of nitrogens with zero attached hydrogens (tertiary/aromatic N) is 1. The molecule has 0 spiro atoms. The van der Waals surface area contributed by atoms with Crippen molar-refractivity contribution in [2.45, 2.75) is 27.0 Å². The molecule has 2 heterocycles. The van der Waals surface area contributed by atoms with E-state index in [4.69, 9.17) is 26.1 Å². The highest BCUT2D eigenvalue weighted by Crippen LogP contribution is 2.26. The van der Waals surface area contributed by atoms with Crippen molar-refractivity contribution in [1.82, 2.24) is 10.2 Å². The third-order valence-electron chi connectivity index (χ3n) is 5.20. The Hall–Kier alpha value is -3.58. The molecule has 1 saturated heterocycles. The van der Waals surface area contributed by atoms with Gasteiger partial charge in [-0.15, -0.1) is 0 Å². The smallest absolute Gasteiger partial charge is 0.276 e. The quantitative estimate of drug-likeness (QED) is 0.416. The van der Waals surface area contributed by atoms with Crippen molar-refractivity contribution >= 4 is 29.3 Å². The number of aryl methyl sites for hydroxylation is 2. The Morgan fingerprint density at radius 3 is 2.72 bits per heavy atom. The van der Waals surface area contributed by atoms with Gasteiger partial charge in [0.15, 0.2) is 5.11 Å². The molecule has 6 nitrogen and oxygen atoms in total. The molecule has 1 amide bonds. The van der Waals surface area contributed by atoms with Crippen molar-refractivity contribution in [3.63, 3.8) is 0 Å². The fourth-order valence-electron chi connectivity index (χ4n) is 3.46. The first kappa shape index (κ1) is 21.6. The lowest BCUT2D eigenvalue weighted by Gasteiger charge is -2.13. The molecule has 0 aliphatic carbocycles. The third-order valence-corrected chi connectivity index (χ3v) is 5.52. The van der Waals surface area contributed by atoms with Crippen molar-refractivity contribution in [1.29, 1.82) is 0 Å². The van der Waals surface area contributed by atoms with E-state index >= 15 is 0 Å². The molecule has 1 aliphatic rings. The minimum absolute atomic E-state index is 0.199. The number of amides is 1. The molecule has 0 radical (unpaired) electrons. The Morgan fingerprint density at radius 1 is 1.12 bits per heavy atom. The highest BCUT2D eigenvalue weighted by Gasteiger charge is 2.31. The zero-order valence-electron chi connectivity index (χ0n) is 18.2. The lowest BCUT2D eigenvalue weighted by atomic mass is 10.1. The number of methoxy groups -OCH3 is 1. The lowest BCUT2D eigenvalue weighted by Crippen LogP contribution is -2.29. The van der Waals surface area contributed by atoms with E-state index < -0.39 is 0 Å². The van der Waals surface area contributed by atoms with Crippen molar-refractivity contribution in [2.24, 2.45) is 0 Å². The summed E-state index contributed by atoms with van der Waals surface area (Å²) in [5, 5.41) is 3.35. The number of carbonyl (C=O) groups is 1. The maximum atomic E-state index is 12.9. The molecule has 1 fully saturated rings. The molecule has 164 valence electrons. The van der Waals surface area contributed by atoms with Crippen molar-refractivity contribution < 1.29 is 18.7 Å². The second-order valence-corrected chi connectivity index (χ2v) is 7.97. The van der Waals surface area contributed by atoms with Crippen LogP contribution in [0.25, 0.3) is 6.08 Å². The summed E-state index contributed by atoms with van der Waals surface area (Å²) in [5.74, 6) is 2.02. The molecule has 0 unspecified atom stereocenters. The first-order chi connectivity index (χ1) is 15.4. The maximum Gasteiger partial charge on any atom is 0.276 e. The normalized spacial score (nSPS) is 14.7. The van der Waals surface area contributed by atoms with Gasteiger partial charge in [-0.05, 0) is 79.2 Å². The number of hydrogen-bond donors (Lipinski definition) is 1. The van der Waals surface area contributed by atoms with Crippen LogP contribution in [0.2, 0.25) is 0 Å². The topological polar surface area (TPSA) is 63.9 Å². The monoisotopic (exact) mass is 448 g/mol. The molecule has 4 rings (SSSR count). The minimum Gasteiger partial charge on any atom is -0.496 e. The van der Waals surface area contributed by atoms with Crippen LogP contribution in [0.3, 0.4) is 0 Å². The number of ether oxygens (including phenoxy) is 2. The second kappa shape index (κ2) is 9.28. The van der Waals surface area contributed by atoms with Crippen LogP contribution in [0.1, 0.15) is 28.0 Å². The van der Waals surface area contributed by atoms with Crippen LogP contribution in [0, 0.1) is 13.8 Å². The Balaban J connectivity index is 1.54. The Kier molecular flexibility index (Phi) is 6.28. The van der Waals surface area contributed by atoms with Crippen molar-refractivity contribution in [2.75, 3.05) is 7.11 Å². The number of benzene rings is 2. The van der Waals surface area contributed by atoms with Gasteiger partial charge in [-0.2, -0.15) is 0 Å². The fourth-order valence-corrected chi connectivity index (χ4v) is 3.72. The molecule has 2 aromatic carbocycles. The van der Waals surface area contributed by atoms with E-state index in [1.54, 1.807) is 25.5 Å². The predicted molar refractivity (Wildman–Crippen MR) is 126 cm³/mol. The number of thiocarbonyl (C=S) groups is 1. The summed E-state index contributed by atoms with van der Waals surface area (Å²) in [6.07, 6.45) is 3.35. The highest BCUT2D eigenvalue weighted by atomic mass is 32.1. The molecule has 0 saturated carbocycles. The van der Waals surface area contributed by atoms with E-state index in [0.29, 0.717) is 23.2 Å². The summed E-state index contributed by atoms with van der Waals surface area (Å²) in [6, 6.07) is 15.4. The van der Waals surface area contributed by atoms with Gasteiger partial charge in [0.2, 0.25) is 0 Å². The molecule has 0 bridgehead atoms. The van der Waals surface area contributed by atoms with Crippen LogP contribution >= 0.6 is 12.2 Å². The summed E-state index contributed by atoms with van der Waals surface area (Å²) >= 11 is 5.34. The van der Waals surface area contributed by atoms with Gasteiger partial charge in [0.05, 0.1) is 19.9 Å². The number of hydrogen-bond acceptors (Lipinski definition) is 5. The largest absolute Gasteiger partial charge is 0.496 e. The average molecular weight is 449 g/mol. The summed E-state index contributed by atoms with van der Waals surface area (Å²) in [4.78, 5) is 14.3. The Bertz CT molecular complexity index is 1180. The summed E-state index contributed by atoms with van der Waals surface area (Å²) in [5.41, 5.74) is 4.33. The maximum absolute atomic E-state index is 12.9. The van der Waals surface area contributed by atoms with Gasteiger partial charge in [0.25, 0.3) is 5.91 Å². The van der Waals surface area contributed by atoms with Crippen molar-refractivity contribution in [3.05, 3.63) is 88.5 Å². The van der Waals surface area contributed by atoms with Gasteiger partial charge in [-0.25, -0.2) is 0 Å². The standard InChI is InChI=1S/C25H24N2O4S/c1-16-6-7-17(2)23(11-16)31-15-19-12-18(8-9-22(19)29-3)13-21-24(28)27(25(32)26-21)14-20-5-4-10-30-20/h4-13H,14-15H2,1-3H3,(H,26,32)/b21-13+. The minimum atomic E-state index is -0.199. The van der Waals surface area contributed by atoms with Gasteiger partial charge in [0, 0.05) is 5.56 Å². The molecule has 7 heteroatoms. The van der Waals surface area contributed by atoms with Crippen LogP contribution in [0.5, 0.6) is 11.5 Å². The van der Waals surface area contributed by atoms with E-state index in [1.165, 1.54) is 4.90 Å². The molecule has 3 aromatic rings. The van der Waals surface area contributed by atoms with E-state index in [1.807, 2.05) is 50.2 Å². The van der Waals surface area contributed by atoms with E-state index in [0.717, 1.165) is 33.8 Å². The molecule has 1 N–H and O–H groups in total. The summed E-state index contributed by atoms with van der Waals surface area (Å²) in [7, 11) is 1.63. The number of carbonyl (C=O) groups excluding carboxylic acids is 1. The van der Waals surface area contributed by atoms with Gasteiger partial charge in [-0.1, -0.05) is 18.2 Å². The molecule has 1 aromatic heterocycles. The van der Waals surface area contributed by atoms with E-state index in [-0.39, 0.29) is 12.5 Å². The van der Waals surface area contributed by atoms with Crippen LogP contribution in [0.15, 0.2) is 64.9 Å². The zero-order chi connectivity index (χ0) is 22.7. The lowest BCUT2D eigenvalue weighted by molar-refractivity contribution is -0.122. The predicted octanol–water partition coefficient (Wildman–Crippen LogP) is 4.74. The van der Waals surface area contributed by atoms with Gasteiger partial charge >= 0.3 is 0 Å². The van der Waals surface area contributed by atoms with Gasteiger partial charge in [0.1, 0.15) is 29.6 Å². The Morgan fingerprint density at radius 2 is 1.97 bits per heavy atom. The molecule has 32 heavy (non-hydrogen) atoms. The zero-order valence-corrected chi connectivity index (χ0v) is 19.0. The highest BCUT2D eigenvalue weighted by molar-refractivity contribution is 7.80. The van der Waals surface area contributed by atoms with Crippen LogP contribution in [-0.4, -0.2) is 23.0 Å². The molecule has 0 atom stereocenters. The number of rotatable bonds is 7. The fraction of sp³-hybridized carbons (Fsp3) is 0.200. The Labute approximate surface area is 192 Å². The van der Waals surface area contributed by atoms with E-state index in [2.05, 4.69) is 11.4 Å². The molecule has 1 aliphatic heterocycles. The van der Waals surface area contributed by atoms with E-state index in [9.17, 15) is 4.79 Å². The number of nitrogens with one attached hydrogen (secondary N) is 1. The third kappa shape index (κ3) is 4.68. The molecular formula is C25H24N2O4S. The SMILES string of the molecule is COc1ccc(/C=C2/NC(=S)N(Cc3ccco3)C2=O)cc1COc1cc(C)ccc1C. The average Bonchev–Trinajstić information content (AvgIpc) is 3.39. The number of furan rings is 1. The van der Waals surface area contributed by atoms with Crippen molar-refractivity contribution in [3.8, 4) is 11.5 Å². The summed E-state index contributed by atoms with van der Waals surface area (Å²) < 4.78 is 16.9. The molecular weight excluding hydrogens is 424 g/mol.